The van der Waals surface area contributed by atoms with Crippen molar-refractivity contribution in [1.82, 2.24) is 5.32 Å². The van der Waals surface area contributed by atoms with E-state index in [2.05, 4.69) is 19.2 Å². The van der Waals surface area contributed by atoms with Crippen LogP contribution in [0.15, 0.2) is 0 Å². The summed E-state index contributed by atoms with van der Waals surface area (Å²) < 4.78 is 0. The van der Waals surface area contributed by atoms with Crippen LogP contribution < -0.4 is 11.1 Å². The molecular weight excluding hydrogens is 123 g/mol. The summed E-state index contributed by atoms with van der Waals surface area (Å²) in [7, 11) is 0. The van der Waals surface area contributed by atoms with E-state index in [0.29, 0.717) is 6.04 Å². The number of hydrogen-bond acceptors (Lipinski definition) is 2. The van der Waals surface area contributed by atoms with Gasteiger partial charge in [-0.1, -0.05) is 13.8 Å². The first-order valence-electron chi connectivity index (χ1n) is 3.27. The average molecular weight is 139 g/mol. The van der Waals surface area contributed by atoms with Crippen molar-refractivity contribution in [3.8, 4) is 0 Å². The van der Waals surface area contributed by atoms with Gasteiger partial charge in [0.25, 0.3) is 0 Å². The van der Waals surface area contributed by atoms with E-state index in [0.717, 1.165) is 19.5 Å². The average Bonchev–Trinajstić information content (AvgIpc) is 1.83. The van der Waals surface area contributed by atoms with Crippen molar-refractivity contribution in [2.24, 2.45) is 5.73 Å². The van der Waals surface area contributed by atoms with Gasteiger partial charge in [0.15, 0.2) is 0 Å². The molecule has 51 valence electrons. The van der Waals surface area contributed by atoms with Gasteiger partial charge in [-0.15, -0.1) is 0 Å². The number of rotatable bonds is 4. The van der Waals surface area contributed by atoms with Crippen molar-refractivity contribution in [1.29, 1.82) is 0 Å². The predicted molar refractivity (Wildman–Crippen MR) is 42.6 cm³/mol. The van der Waals surface area contributed by atoms with Crippen LogP contribution in [0.1, 0.15) is 20.3 Å². The van der Waals surface area contributed by atoms with Gasteiger partial charge in [-0.25, -0.2) is 0 Å². The van der Waals surface area contributed by atoms with Gasteiger partial charge in [-0.3, -0.25) is 0 Å². The molecule has 0 saturated heterocycles. The molecular formula is C6H16N2Na. The Labute approximate surface area is 79.9 Å². The Kier molecular flexibility index (Phi) is 12.5. The smallest absolute Gasteiger partial charge is 0.0162 e. The van der Waals surface area contributed by atoms with Gasteiger partial charge in [0.1, 0.15) is 0 Å². The maximum atomic E-state index is 5.60. The topological polar surface area (TPSA) is 38.0 Å². The van der Waals surface area contributed by atoms with Crippen molar-refractivity contribution < 1.29 is 0 Å². The second-order valence-electron chi connectivity index (χ2n) is 1.98. The monoisotopic (exact) mass is 139 g/mol. The molecule has 0 aromatic heterocycles. The van der Waals surface area contributed by atoms with Gasteiger partial charge >= 0.3 is 0 Å². The fraction of sp³-hybridized carbons (Fsp3) is 1.00. The van der Waals surface area contributed by atoms with Crippen LogP contribution in [0.3, 0.4) is 0 Å². The van der Waals surface area contributed by atoms with Crippen molar-refractivity contribution in [3.63, 3.8) is 0 Å². The Hall–Kier alpha value is 0.920. The molecule has 1 atom stereocenters. The first kappa shape index (κ1) is 12.6. The molecule has 3 heteroatoms. The van der Waals surface area contributed by atoms with E-state index >= 15 is 0 Å². The van der Waals surface area contributed by atoms with Crippen LogP contribution in [-0.2, 0) is 0 Å². The Balaban J connectivity index is 0. The first-order chi connectivity index (χ1) is 3.81. The molecule has 0 aliphatic carbocycles. The van der Waals surface area contributed by atoms with Crippen LogP contribution in [0.4, 0.5) is 0 Å². The van der Waals surface area contributed by atoms with E-state index in [1.807, 2.05) is 0 Å². The van der Waals surface area contributed by atoms with Crippen molar-refractivity contribution >= 4 is 29.6 Å². The number of nitrogens with two attached hydrogens (primary N) is 1. The molecule has 3 N–H and O–H groups in total. The van der Waals surface area contributed by atoms with Crippen LogP contribution in [0.5, 0.6) is 0 Å². The van der Waals surface area contributed by atoms with E-state index in [9.17, 15) is 0 Å². The zero-order valence-corrected chi connectivity index (χ0v) is 8.78. The van der Waals surface area contributed by atoms with E-state index in [1.54, 1.807) is 0 Å². The third kappa shape index (κ3) is 8.92. The Morgan fingerprint density at radius 3 is 2.33 bits per heavy atom. The number of hydrogen-bond donors (Lipinski definition) is 2. The van der Waals surface area contributed by atoms with Gasteiger partial charge in [0.2, 0.25) is 0 Å². The largest absolute Gasteiger partial charge is 0.327 e. The summed E-state index contributed by atoms with van der Waals surface area (Å²) in [4.78, 5) is 0. The fourth-order valence-corrected chi connectivity index (χ4v) is 0.474. The van der Waals surface area contributed by atoms with E-state index in [-0.39, 0.29) is 29.6 Å². The second-order valence-corrected chi connectivity index (χ2v) is 1.98. The molecule has 0 heterocycles. The summed E-state index contributed by atoms with van der Waals surface area (Å²) in [6.07, 6.45) is 1.06. The molecule has 0 aliphatic rings. The van der Waals surface area contributed by atoms with E-state index in [1.165, 1.54) is 0 Å². The third-order valence-corrected chi connectivity index (χ3v) is 1.18. The predicted octanol–water partition coefficient (Wildman–Crippen LogP) is -0.0476. The number of likely N-dealkylation sites (N-methyl/N-ethyl adjacent to an activating group) is 1. The van der Waals surface area contributed by atoms with Crippen LogP contribution in [-0.4, -0.2) is 48.7 Å². The SMILES string of the molecule is CCNCC(N)CC.[Na]. The van der Waals surface area contributed by atoms with Gasteiger partial charge < -0.3 is 11.1 Å². The van der Waals surface area contributed by atoms with Crippen molar-refractivity contribution in [3.05, 3.63) is 0 Å². The zero-order chi connectivity index (χ0) is 6.41. The molecule has 0 spiro atoms. The van der Waals surface area contributed by atoms with Gasteiger partial charge in [0.05, 0.1) is 0 Å². The Bertz CT molecular complexity index is 50.3. The summed E-state index contributed by atoms with van der Waals surface area (Å²) in [6, 6.07) is 0.343. The maximum absolute atomic E-state index is 5.60. The molecule has 0 amide bonds. The zero-order valence-electron chi connectivity index (χ0n) is 6.78. The van der Waals surface area contributed by atoms with Crippen LogP contribution in [0.2, 0.25) is 0 Å². The molecule has 0 aromatic carbocycles. The minimum atomic E-state index is 0. The summed E-state index contributed by atoms with van der Waals surface area (Å²) in [5, 5.41) is 3.17. The summed E-state index contributed by atoms with van der Waals surface area (Å²) >= 11 is 0. The van der Waals surface area contributed by atoms with E-state index in [4.69, 9.17) is 5.73 Å². The van der Waals surface area contributed by atoms with Gasteiger partial charge in [-0.2, -0.15) is 0 Å². The minimum Gasteiger partial charge on any atom is -0.327 e. The molecule has 0 aromatic rings. The molecule has 0 bridgehead atoms. The molecule has 0 fully saturated rings. The maximum Gasteiger partial charge on any atom is 0.0162 e. The van der Waals surface area contributed by atoms with Crippen LogP contribution >= 0.6 is 0 Å². The minimum absolute atomic E-state index is 0. The fourth-order valence-electron chi connectivity index (χ4n) is 0.474. The molecule has 0 saturated carbocycles. The molecule has 0 aliphatic heterocycles. The molecule has 1 unspecified atom stereocenters. The van der Waals surface area contributed by atoms with Gasteiger partial charge in [0, 0.05) is 42.1 Å². The normalized spacial score (nSPS) is 12.3. The molecule has 1 radical (unpaired) electrons. The standard InChI is InChI=1S/C6H16N2.Na/c1-3-6(7)5-8-4-2;/h6,8H,3-5,7H2,1-2H3;. The summed E-state index contributed by atoms with van der Waals surface area (Å²) in [5.74, 6) is 0. The summed E-state index contributed by atoms with van der Waals surface area (Å²) in [5.41, 5.74) is 5.60. The second kappa shape index (κ2) is 8.92. The van der Waals surface area contributed by atoms with Gasteiger partial charge in [-0.05, 0) is 13.0 Å². The van der Waals surface area contributed by atoms with E-state index < -0.39 is 0 Å². The Morgan fingerprint density at radius 2 is 2.00 bits per heavy atom. The Morgan fingerprint density at radius 1 is 1.44 bits per heavy atom. The molecule has 0 rings (SSSR count). The molecule has 9 heavy (non-hydrogen) atoms. The first-order valence-corrected chi connectivity index (χ1v) is 3.27. The number of nitrogens with one attached hydrogen (secondary N) is 1. The quantitative estimate of drug-likeness (QED) is 0.536. The van der Waals surface area contributed by atoms with Crippen molar-refractivity contribution in [2.75, 3.05) is 13.1 Å². The van der Waals surface area contributed by atoms with Crippen LogP contribution in [0, 0.1) is 0 Å². The van der Waals surface area contributed by atoms with Crippen molar-refractivity contribution in [2.45, 2.75) is 26.3 Å². The third-order valence-electron chi connectivity index (χ3n) is 1.18. The molecule has 2 nitrogen and oxygen atoms in total. The summed E-state index contributed by atoms with van der Waals surface area (Å²) in [6.45, 7) is 6.16. The van der Waals surface area contributed by atoms with Crippen LogP contribution in [0.25, 0.3) is 0 Å².